The number of anilines is 1. The molecule has 0 saturated heterocycles. The van der Waals surface area contributed by atoms with E-state index in [0.717, 1.165) is 11.3 Å². The van der Waals surface area contributed by atoms with Crippen molar-refractivity contribution in [2.75, 3.05) is 5.73 Å². The maximum Gasteiger partial charge on any atom is 0.127 e. The fourth-order valence-corrected chi connectivity index (χ4v) is 2.09. The van der Waals surface area contributed by atoms with Crippen molar-refractivity contribution in [2.45, 2.75) is 20.8 Å². The maximum atomic E-state index is 5.67. The van der Waals surface area contributed by atoms with Gasteiger partial charge in [0, 0.05) is 11.6 Å². The van der Waals surface area contributed by atoms with E-state index in [1.165, 1.54) is 23.0 Å². The Morgan fingerprint density at radius 3 is 2.12 bits per heavy atom. The van der Waals surface area contributed by atoms with Crippen LogP contribution in [0, 0.1) is 20.8 Å². The second kappa shape index (κ2) is 3.93. The molecule has 0 bridgehead atoms. The highest BCUT2D eigenvalue weighted by Gasteiger charge is 2.08. The molecular formula is C13H15N3. The standard InChI is InChI=1S/C13H15N3/c1-8-4-9(2)13(10(3)5-8)11-6-12(14)16-7-15-11/h4-7H,1-3H3,(H2,14,15,16). The summed E-state index contributed by atoms with van der Waals surface area (Å²) < 4.78 is 0. The molecule has 0 amide bonds. The number of nitrogens with zero attached hydrogens (tertiary/aromatic N) is 2. The number of nitrogens with two attached hydrogens (primary N) is 1. The monoisotopic (exact) mass is 213 g/mol. The molecule has 0 aliphatic heterocycles. The summed E-state index contributed by atoms with van der Waals surface area (Å²) in [5.41, 5.74) is 11.4. The summed E-state index contributed by atoms with van der Waals surface area (Å²) >= 11 is 0. The lowest BCUT2D eigenvalue weighted by molar-refractivity contribution is 1.17. The normalized spacial score (nSPS) is 10.4. The van der Waals surface area contributed by atoms with Gasteiger partial charge in [0.15, 0.2) is 0 Å². The smallest absolute Gasteiger partial charge is 0.127 e. The molecule has 0 spiro atoms. The fourth-order valence-electron chi connectivity index (χ4n) is 2.09. The topological polar surface area (TPSA) is 51.8 Å². The third-order valence-corrected chi connectivity index (χ3v) is 2.62. The van der Waals surface area contributed by atoms with Crippen LogP contribution in [0.15, 0.2) is 24.5 Å². The van der Waals surface area contributed by atoms with Crippen LogP contribution in [-0.4, -0.2) is 9.97 Å². The summed E-state index contributed by atoms with van der Waals surface area (Å²) in [5.74, 6) is 0.504. The fraction of sp³-hybridized carbons (Fsp3) is 0.231. The van der Waals surface area contributed by atoms with Crippen molar-refractivity contribution in [1.82, 2.24) is 9.97 Å². The highest BCUT2D eigenvalue weighted by Crippen LogP contribution is 2.27. The second-order valence-corrected chi connectivity index (χ2v) is 4.10. The van der Waals surface area contributed by atoms with Gasteiger partial charge >= 0.3 is 0 Å². The van der Waals surface area contributed by atoms with E-state index in [9.17, 15) is 0 Å². The van der Waals surface area contributed by atoms with Crippen LogP contribution in [0.2, 0.25) is 0 Å². The number of hydrogen-bond acceptors (Lipinski definition) is 3. The first-order chi connectivity index (χ1) is 7.58. The van der Waals surface area contributed by atoms with Crippen LogP contribution in [0.4, 0.5) is 5.82 Å². The maximum absolute atomic E-state index is 5.67. The van der Waals surface area contributed by atoms with Gasteiger partial charge in [-0.25, -0.2) is 9.97 Å². The van der Waals surface area contributed by atoms with Gasteiger partial charge in [0.05, 0.1) is 5.69 Å². The number of aryl methyl sites for hydroxylation is 3. The molecule has 0 aliphatic rings. The van der Waals surface area contributed by atoms with Crippen molar-refractivity contribution in [3.05, 3.63) is 41.2 Å². The van der Waals surface area contributed by atoms with Crippen molar-refractivity contribution < 1.29 is 0 Å². The van der Waals surface area contributed by atoms with Gasteiger partial charge in [0.2, 0.25) is 0 Å². The highest BCUT2D eigenvalue weighted by molar-refractivity contribution is 5.69. The van der Waals surface area contributed by atoms with E-state index >= 15 is 0 Å². The van der Waals surface area contributed by atoms with E-state index in [-0.39, 0.29) is 0 Å². The Morgan fingerprint density at radius 1 is 0.938 bits per heavy atom. The zero-order valence-electron chi connectivity index (χ0n) is 9.78. The molecular weight excluding hydrogens is 198 g/mol. The molecule has 0 radical (unpaired) electrons. The largest absolute Gasteiger partial charge is 0.384 e. The quantitative estimate of drug-likeness (QED) is 0.792. The van der Waals surface area contributed by atoms with Crippen LogP contribution in [0.25, 0.3) is 11.3 Å². The molecule has 0 saturated carbocycles. The predicted octanol–water partition coefficient (Wildman–Crippen LogP) is 2.65. The van der Waals surface area contributed by atoms with Gasteiger partial charge in [0.1, 0.15) is 12.1 Å². The van der Waals surface area contributed by atoms with Gasteiger partial charge in [-0.2, -0.15) is 0 Å². The third-order valence-electron chi connectivity index (χ3n) is 2.62. The zero-order chi connectivity index (χ0) is 11.7. The minimum Gasteiger partial charge on any atom is -0.384 e. The lowest BCUT2D eigenvalue weighted by Gasteiger charge is -2.10. The summed E-state index contributed by atoms with van der Waals surface area (Å²) in [4.78, 5) is 8.18. The Kier molecular flexibility index (Phi) is 2.60. The molecule has 2 rings (SSSR count). The lowest BCUT2D eigenvalue weighted by Crippen LogP contribution is -1.96. The van der Waals surface area contributed by atoms with E-state index < -0.39 is 0 Å². The summed E-state index contributed by atoms with van der Waals surface area (Å²) in [7, 11) is 0. The molecule has 82 valence electrons. The van der Waals surface area contributed by atoms with E-state index in [0.29, 0.717) is 5.82 Å². The summed E-state index contributed by atoms with van der Waals surface area (Å²) in [6, 6.07) is 6.12. The Balaban J connectivity index is 2.64. The number of aromatic nitrogens is 2. The molecule has 3 heteroatoms. The SMILES string of the molecule is Cc1cc(C)c(-c2cc(N)ncn2)c(C)c1. The van der Waals surface area contributed by atoms with Crippen LogP contribution in [0.1, 0.15) is 16.7 Å². The van der Waals surface area contributed by atoms with Gasteiger partial charge in [0.25, 0.3) is 0 Å². The number of hydrogen-bond donors (Lipinski definition) is 1. The van der Waals surface area contributed by atoms with Gasteiger partial charge in [-0.3, -0.25) is 0 Å². The average molecular weight is 213 g/mol. The van der Waals surface area contributed by atoms with Crippen LogP contribution in [0.5, 0.6) is 0 Å². The second-order valence-electron chi connectivity index (χ2n) is 4.10. The minimum atomic E-state index is 0.504. The lowest BCUT2D eigenvalue weighted by atomic mass is 9.97. The molecule has 0 fully saturated rings. The first kappa shape index (κ1) is 10.6. The van der Waals surface area contributed by atoms with E-state index in [1.807, 2.05) is 6.07 Å². The third kappa shape index (κ3) is 1.89. The first-order valence-electron chi connectivity index (χ1n) is 5.23. The summed E-state index contributed by atoms with van der Waals surface area (Å²) in [6.45, 7) is 6.28. The molecule has 0 atom stereocenters. The number of nitrogen functional groups attached to an aromatic ring is 1. The molecule has 0 aliphatic carbocycles. The van der Waals surface area contributed by atoms with Crippen molar-refractivity contribution in [3.8, 4) is 11.3 Å². The molecule has 0 unspecified atom stereocenters. The molecule has 1 aromatic heterocycles. The van der Waals surface area contributed by atoms with Gasteiger partial charge in [-0.15, -0.1) is 0 Å². The van der Waals surface area contributed by atoms with Gasteiger partial charge in [-0.05, 0) is 31.9 Å². The molecule has 3 nitrogen and oxygen atoms in total. The molecule has 1 heterocycles. The summed E-state index contributed by atoms with van der Waals surface area (Å²) in [5, 5.41) is 0. The Labute approximate surface area is 95.4 Å². The average Bonchev–Trinajstić information content (AvgIpc) is 2.15. The first-order valence-corrected chi connectivity index (χ1v) is 5.23. The highest BCUT2D eigenvalue weighted by atomic mass is 14.9. The molecule has 2 aromatic rings. The predicted molar refractivity (Wildman–Crippen MR) is 66.1 cm³/mol. The molecule has 2 N–H and O–H groups in total. The Morgan fingerprint density at radius 2 is 1.56 bits per heavy atom. The van der Waals surface area contributed by atoms with Crippen LogP contribution < -0.4 is 5.73 Å². The van der Waals surface area contributed by atoms with Crippen LogP contribution in [-0.2, 0) is 0 Å². The van der Waals surface area contributed by atoms with Crippen LogP contribution in [0.3, 0.4) is 0 Å². The van der Waals surface area contributed by atoms with Crippen LogP contribution >= 0.6 is 0 Å². The summed E-state index contributed by atoms with van der Waals surface area (Å²) in [6.07, 6.45) is 1.50. The van der Waals surface area contributed by atoms with E-state index in [2.05, 4.69) is 42.9 Å². The Hall–Kier alpha value is -1.90. The van der Waals surface area contributed by atoms with Crippen molar-refractivity contribution in [2.24, 2.45) is 0 Å². The van der Waals surface area contributed by atoms with Gasteiger partial charge < -0.3 is 5.73 Å². The van der Waals surface area contributed by atoms with Crippen molar-refractivity contribution in [3.63, 3.8) is 0 Å². The number of rotatable bonds is 1. The van der Waals surface area contributed by atoms with Crippen molar-refractivity contribution >= 4 is 5.82 Å². The number of benzene rings is 1. The van der Waals surface area contributed by atoms with E-state index in [1.54, 1.807) is 0 Å². The minimum absolute atomic E-state index is 0.504. The van der Waals surface area contributed by atoms with E-state index in [4.69, 9.17) is 5.73 Å². The van der Waals surface area contributed by atoms with Gasteiger partial charge in [-0.1, -0.05) is 17.7 Å². The zero-order valence-corrected chi connectivity index (χ0v) is 9.78. The molecule has 16 heavy (non-hydrogen) atoms. The Bertz CT molecular complexity index is 509. The molecule has 1 aromatic carbocycles. The van der Waals surface area contributed by atoms with Crippen molar-refractivity contribution in [1.29, 1.82) is 0 Å².